The number of hydrogen-bond donors (Lipinski definition) is 2. The molecule has 31 heavy (non-hydrogen) atoms. The molecule has 0 aromatic heterocycles. The van der Waals surface area contributed by atoms with Gasteiger partial charge in [0.15, 0.2) is 0 Å². The normalized spacial score (nSPS) is 13.3. The van der Waals surface area contributed by atoms with Crippen molar-refractivity contribution in [3.05, 3.63) is 126 Å². The van der Waals surface area contributed by atoms with Gasteiger partial charge in [-0.2, -0.15) is 0 Å². The number of benzene rings is 5. The first kappa shape index (κ1) is 19.3. The molecular weight excluding hydrogens is 378 g/mol. The van der Waals surface area contributed by atoms with Crippen molar-refractivity contribution in [1.29, 1.82) is 0 Å². The fourth-order valence-corrected chi connectivity index (χ4v) is 4.51. The summed E-state index contributed by atoms with van der Waals surface area (Å²) in [5, 5.41) is 19.5. The molecule has 0 aliphatic rings. The zero-order chi connectivity index (χ0) is 21.2. The average Bonchev–Trinajstić information content (AvgIpc) is 2.83. The van der Waals surface area contributed by atoms with Crippen molar-refractivity contribution < 1.29 is 5.11 Å². The third kappa shape index (κ3) is 3.67. The van der Waals surface area contributed by atoms with Gasteiger partial charge in [-0.05, 0) is 45.7 Å². The molecule has 0 spiro atoms. The van der Waals surface area contributed by atoms with Gasteiger partial charge < -0.3 is 5.11 Å². The minimum absolute atomic E-state index is 0.100. The van der Waals surface area contributed by atoms with Gasteiger partial charge >= 0.3 is 0 Å². The number of phenols is 1. The summed E-state index contributed by atoms with van der Waals surface area (Å²) in [5.41, 5.74) is 3.29. The van der Waals surface area contributed by atoms with Gasteiger partial charge in [0.25, 0.3) is 0 Å². The number of rotatable bonds is 5. The number of nitrogens with one attached hydrogen (secondary N) is 1. The van der Waals surface area contributed by atoms with Crippen molar-refractivity contribution in [1.82, 2.24) is 5.32 Å². The molecule has 0 bridgehead atoms. The van der Waals surface area contributed by atoms with E-state index >= 15 is 0 Å². The average molecular weight is 404 g/mol. The highest BCUT2D eigenvalue weighted by Crippen LogP contribution is 2.39. The second kappa shape index (κ2) is 8.25. The Balaban J connectivity index is 1.73. The number of phenolic OH excluding ortho intramolecular Hbond substituents is 1. The second-order valence-electron chi connectivity index (χ2n) is 8.02. The molecule has 0 aliphatic heterocycles. The van der Waals surface area contributed by atoms with E-state index in [0.717, 1.165) is 21.9 Å². The number of aromatic hydroxyl groups is 1. The van der Waals surface area contributed by atoms with Gasteiger partial charge in [0.2, 0.25) is 0 Å². The maximum Gasteiger partial charge on any atom is 0.121 e. The fourth-order valence-electron chi connectivity index (χ4n) is 4.51. The zero-order valence-corrected chi connectivity index (χ0v) is 17.5. The standard InChI is InChI=1S/C29H25NO/c1-20(21-10-3-2-4-11-21)30-29(26-17-9-14-22-12-5-7-15-24(22)26)28-25-16-8-6-13-23(25)18-19-27(28)31/h2-20,29-31H,1H3/t20-,29?/m0/s1. The van der Waals surface area contributed by atoms with Crippen LogP contribution in [0, 0.1) is 0 Å². The van der Waals surface area contributed by atoms with E-state index in [1.807, 2.05) is 30.3 Å². The van der Waals surface area contributed by atoms with Crippen LogP contribution >= 0.6 is 0 Å². The zero-order valence-electron chi connectivity index (χ0n) is 17.5. The minimum Gasteiger partial charge on any atom is -0.508 e. The smallest absolute Gasteiger partial charge is 0.121 e. The topological polar surface area (TPSA) is 32.3 Å². The molecule has 0 heterocycles. The van der Waals surface area contributed by atoms with Crippen LogP contribution in [-0.2, 0) is 0 Å². The molecule has 1 unspecified atom stereocenters. The summed E-state index contributed by atoms with van der Waals surface area (Å²) >= 11 is 0. The quantitative estimate of drug-likeness (QED) is 0.327. The van der Waals surface area contributed by atoms with Crippen LogP contribution < -0.4 is 5.32 Å². The van der Waals surface area contributed by atoms with Gasteiger partial charge in [0.1, 0.15) is 5.75 Å². The summed E-state index contributed by atoms with van der Waals surface area (Å²) in [6.45, 7) is 2.18. The SMILES string of the molecule is C[C@H](NC(c1cccc2ccccc12)c1c(O)ccc2ccccc12)c1ccccc1. The Morgan fingerprint density at radius 1 is 0.613 bits per heavy atom. The third-order valence-electron chi connectivity index (χ3n) is 6.09. The highest BCUT2D eigenvalue weighted by atomic mass is 16.3. The van der Waals surface area contributed by atoms with Crippen LogP contribution in [0.2, 0.25) is 0 Å². The maximum atomic E-state index is 11.1. The molecule has 0 amide bonds. The maximum absolute atomic E-state index is 11.1. The van der Waals surface area contributed by atoms with Gasteiger partial charge in [-0.1, -0.05) is 103 Å². The van der Waals surface area contributed by atoms with E-state index in [-0.39, 0.29) is 12.1 Å². The molecule has 152 valence electrons. The summed E-state index contributed by atoms with van der Waals surface area (Å²) in [4.78, 5) is 0. The van der Waals surface area contributed by atoms with E-state index in [9.17, 15) is 5.11 Å². The van der Waals surface area contributed by atoms with Crippen LogP contribution in [0.25, 0.3) is 21.5 Å². The molecule has 5 aromatic carbocycles. The largest absolute Gasteiger partial charge is 0.508 e. The number of fused-ring (bicyclic) bond motifs is 2. The van der Waals surface area contributed by atoms with Crippen molar-refractivity contribution in [2.75, 3.05) is 0 Å². The summed E-state index contributed by atoms with van der Waals surface area (Å²) in [6.07, 6.45) is 0. The van der Waals surface area contributed by atoms with E-state index < -0.39 is 0 Å². The molecule has 2 atom stereocenters. The van der Waals surface area contributed by atoms with Gasteiger partial charge in [-0.15, -0.1) is 0 Å². The van der Waals surface area contributed by atoms with Gasteiger partial charge in [-0.25, -0.2) is 0 Å². The van der Waals surface area contributed by atoms with Crippen LogP contribution in [0.15, 0.2) is 109 Å². The Labute approximate surface area is 182 Å². The predicted octanol–water partition coefficient (Wildman–Crippen LogP) is 7.14. The Kier molecular flexibility index (Phi) is 5.15. The first-order valence-corrected chi connectivity index (χ1v) is 10.7. The molecule has 0 saturated heterocycles. The van der Waals surface area contributed by atoms with E-state index in [2.05, 4.69) is 91.1 Å². The Bertz CT molecular complexity index is 1340. The molecule has 5 rings (SSSR count). The van der Waals surface area contributed by atoms with E-state index in [1.165, 1.54) is 16.3 Å². The van der Waals surface area contributed by atoms with Crippen LogP contribution in [0.1, 0.15) is 35.7 Å². The van der Waals surface area contributed by atoms with Crippen molar-refractivity contribution in [3.8, 4) is 5.75 Å². The van der Waals surface area contributed by atoms with Crippen molar-refractivity contribution in [3.63, 3.8) is 0 Å². The first-order chi connectivity index (χ1) is 15.2. The van der Waals surface area contributed by atoms with Crippen LogP contribution in [0.4, 0.5) is 0 Å². The molecule has 2 heteroatoms. The second-order valence-corrected chi connectivity index (χ2v) is 8.02. The monoisotopic (exact) mass is 403 g/mol. The van der Waals surface area contributed by atoms with E-state index in [4.69, 9.17) is 0 Å². The lowest BCUT2D eigenvalue weighted by atomic mass is 9.89. The molecule has 0 fully saturated rings. The fraction of sp³-hybridized carbons (Fsp3) is 0.103. The lowest BCUT2D eigenvalue weighted by Crippen LogP contribution is -2.26. The van der Waals surface area contributed by atoms with E-state index in [0.29, 0.717) is 5.75 Å². The summed E-state index contributed by atoms with van der Waals surface area (Å²) in [6, 6.07) is 37.3. The summed E-state index contributed by atoms with van der Waals surface area (Å²) in [5.74, 6) is 0.310. The molecular formula is C29H25NO. The molecule has 0 saturated carbocycles. The molecule has 0 aliphatic carbocycles. The van der Waals surface area contributed by atoms with Crippen LogP contribution in [0.5, 0.6) is 5.75 Å². The van der Waals surface area contributed by atoms with Crippen LogP contribution in [-0.4, -0.2) is 5.11 Å². The van der Waals surface area contributed by atoms with Gasteiger partial charge in [0.05, 0.1) is 6.04 Å². The predicted molar refractivity (Wildman–Crippen MR) is 129 cm³/mol. The van der Waals surface area contributed by atoms with Crippen molar-refractivity contribution >= 4 is 21.5 Å². The van der Waals surface area contributed by atoms with E-state index in [1.54, 1.807) is 0 Å². The molecule has 5 aromatic rings. The third-order valence-corrected chi connectivity index (χ3v) is 6.09. The number of hydrogen-bond acceptors (Lipinski definition) is 2. The minimum atomic E-state index is -0.174. The Morgan fingerprint density at radius 2 is 1.23 bits per heavy atom. The highest BCUT2D eigenvalue weighted by molar-refractivity contribution is 5.91. The lowest BCUT2D eigenvalue weighted by molar-refractivity contribution is 0.449. The Morgan fingerprint density at radius 3 is 2.00 bits per heavy atom. The molecule has 0 radical (unpaired) electrons. The van der Waals surface area contributed by atoms with Crippen molar-refractivity contribution in [2.24, 2.45) is 0 Å². The first-order valence-electron chi connectivity index (χ1n) is 10.7. The summed E-state index contributed by atoms with van der Waals surface area (Å²) in [7, 11) is 0. The highest BCUT2D eigenvalue weighted by Gasteiger charge is 2.24. The molecule has 2 nitrogen and oxygen atoms in total. The lowest BCUT2D eigenvalue weighted by Gasteiger charge is -2.27. The van der Waals surface area contributed by atoms with Crippen LogP contribution in [0.3, 0.4) is 0 Å². The van der Waals surface area contributed by atoms with Crippen molar-refractivity contribution in [2.45, 2.75) is 19.0 Å². The van der Waals surface area contributed by atoms with Gasteiger partial charge in [-0.3, -0.25) is 5.32 Å². The van der Waals surface area contributed by atoms with Gasteiger partial charge in [0, 0.05) is 11.6 Å². The Hall–Kier alpha value is -3.62. The summed E-state index contributed by atoms with van der Waals surface area (Å²) < 4.78 is 0. The molecule has 2 N–H and O–H groups in total.